The number of hydrogen-bond acceptors (Lipinski definition) is 2. The largest absolute Gasteiger partial charge is 0.310 e. The molecule has 15 aromatic carbocycles. The van der Waals surface area contributed by atoms with Crippen LogP contribution in [-0.2, 0) is 0 Å². The van der Waals surface area contributed by atoms with Crippen molar-refractivity contribution in [3.63, 3.8) is 0 Å². The normalized spacial score (nSPS) is 11.4. The molecule has 17 rings (SSSR count). The van der Waals surface area contributed by atoms with Gasteiger partial charge in [0, 0.05) is 55.7 Å². The maximum Gasteiger partial charge on any atom is 0.0542 e. The van der Waals surface area contributed by atoms with Gasteiger partial charge in [0.25, 0.3) is 0 Å². The first kappa shape index (κ1) is 55.6. The molecule has 442 valence electrons. The highest BCUT2D eigenvalue weighted by atomic mass is 15.2. The Morgan fingerprint density at radius 1 is 0.181 bits per heavy atom. The molecule has 2 heterocycles. The van der Waals surface area contributed by atoms with Crippen molar-refractivity contribution in [2.24, 2.45) is 0 Å². The van der Waals surface area contributed by atoms with Crippen molar-refractivity contribution in [3.8, 4) is 78.4 Å². The Morgan fingerprint density at radius 2 is 0.457 bits per heavy atom. The molecule has 17 aromatic rings. The summed E-state index contributed by atoms with van der Waals surface area (Å²) in [5.41, 5.74) is 24.8. The van der Waals surface area contributed by atoms with Gasteiger partial charge in [0.05, 0.1) is 33.8 Å². The molecular formula is C90H62N4. The molecule has 0 bridgehead atoms. The summed E-state index contributed by atoms with van der Waals surface area (Å²) in [6.45, 7) is 0. The van der Waals surface area contributed by atoms with E-state index in [-0.39, 0.29) is 0 Å². The summed E-state index contributed by atoms with van der Waals surface area (Å²) in [5.74, 6) is 0. The van der Waals surface area contributed by atoms with Crippen molar-refractivity contribution in [2.45, 2.75) is 0 Å². The zero-order valence-electron chi connectivity index (χ0n) is 51.6. The smallest absolute Gasteiger partial charge is 0.0542 e. The third-order valence-corrected chi connectivity index (χ3v) is 18.5. The van der Waals surface area contributed by atoms with Gasteiger partial charge < -0.3 is 18.9 Å². The second-order valence-electron chi connectivity index (χ2n) is 24.1. The second-order valence-corrected chi connectivity index (χ2v) is 24.1. The van der Waals surface area contributed by atoms with Gasteiger partial charge in [-0.3, -0.25) is 0 Å². The minimum atomic E-state index is 1.06. The van der Waals surface area contributed by atoms with Gasteiger partial charge in [0.15, 0.2) is 0 Å². The third kappa shape index (κ3) is 10.4. The molecule has 4 heteroatoms. The lowest BCUT2D eigenvalue weighted by molar-refractivity contribution is 1.13. The average Bonchev–Trinajstić information content (AvgIpc) is 1.55. The van der Waals surface area contributed by atoms with Gasteiger partial charge in [-0.2, -0.15) is 0 Å². The number of hydrogen-bond donors (Lipinski definition) is 0. The molecule has 0 spiro atoms. The first-order valence-electron chi connectivity index (χ1n) is 32.2. The van der Waals surface area contributed by atoms with Gasteiger partial charge >= 0.3 is 0 Å². The predicted molar refractivity (Wildman–Crippen MR) is 397 cm³/mol. The second kappa shape index (κ2) is 24.0. The molecule has 2 aromatic heterocycles. The summed E-state index contributed by atoms with van der Waals surface area (Å²) in [5, 5.41) is 7.02. The van der Waals surface area contributed by atoms with Gasteiger partial charge in [-0.15, -0.1) is 0 Å². The molecule has 0 atom stereocenters. The number of nitrogens with zero attached hydrogens (tertiary/aromatic N) is 4. The van der Waals surface area contributed by atoms with Crippen molar-refractivity contribution >= 4 is 77.5 Å². The first-order valence-corrected chi connectivity index (χ1v) is 32.2. The zero-order chi connectivity index (χ0) is 62.3. The van der Waals surface area contributed by atoms with Crippen LogP contribution in [0.15, 0.2) is 376 Å². The van der Waals surface area contributed by atoms with Crippen LogP contribution in [0.25, 0.3) is 122 Å². The molecule has 0 N–H and O–H groups in total. The van der Waals surface area contributed by atoms with E-state index in [0.717, 1.165) is 89.8 Å². The van der Waals surface area contributed by atoms with E-state index in [9.17, 15) is 0 Å². The maximum atomic E-state index is 2.47. The van der Waals surface area contributed by atoms with E-state index in [1.54, 1.807) is 0 Å². The van der Waals surface area contributed by atoms with Gasteiger partial charge in [-0.05, 0) is 188 Å². The summed E-state index contributed by atoms with van der Waals surface area (Å²) in [7, 11) is 0. The van der Waals surface area contributed by atoms with Crippen LogP contribution in [0, 0.1) is 0 Å². The highest BCUT2D eigenvalue weighted by molar-refractivity contribution is 6.04. The number of aromatic nitrogens is 2. The Morgan fingerprint density at radius 3 is 0.830 bits per heavy atom. The summed E-state index contributed by atoms with van der Waals surface area (Å²) in [6, 6.07) is 137. The molecule has 0 aliphatic heterocycles. The quantitative estimate of drug-likeness (QED) is 0.108. The SMILES string of the molecule is c1ccc(-c2ccc(N(c3ccc(-n4c(-c5cccc(-c6ccccc6)c5)cc5cc6c(cc(-c7cccc(-c8ccccc8)c7)n6-c6ccc(N(c7ccc(-c8ccccc8)cc7)c7cccc8ccccc78)cc6)cc54)cc3)c3cccc4ccccc34)cc2)cc1. The summed E-state index contributed by atoms with van der Waals surface area (Å²) in [4.78, 5) is 4.80. The van der Waals surface area contributed by atoms with Crippen LogP contribution in [0.5, 0.6) is 0 Å². The lowest BCUT2D eigenvalue weighted by atomic mass is 10.0. The molecular weight excluding hydrogens is 1140 g/mol. The van der Waals surface area contributed by atoms with E-state index < -0.39 is 0 Å². The molecule has 0 radical (unpaired) electrons. The van der Waals surface area contributed by atoms with Crippen LogP contribution in [-0.4, -0.2) is 9.13 Å². The van der Waals surface area contributed by atoms with Crippen molar-refractivity contribution in [1.82, 2.24) is 9.13 Å². The highest BCUT2D eigenvalue weighted by Gasteiger charge is 2.23. The molecule has 0 aliphatic carbocycles. The fourth-order valence-corrected chi connectivity index (χ4v) is 13.9. The Kier molecular flexibility index (Phi) is 14.2. The van der Waals surface area contributed by atoms with E-state index >= 15 is 0 Å². The molecule has 0 unspecified atom stereocenters. The molecule has 94 heavy (non-hydrogen) atoms. The van der Waals surface area contributed by atoms with E-state index in [1.165, 1.54) is 66.1 Å². The summed E-state index contributed by atoms with van der Waals surface area (Å²) in [6.07, 6.45) is 0. The number of benzene rings is 15. The Bertz CT molecular complexity index is 5200. The van der Waals surface area contributed by atoms with Crippen LogP contribution in [0.4, 0.5) is 34.1 Å². The topological polar surface area (TPSA) is 16.3 Å². The Labute approximate surface area is 547 Å². The van der Waals surface area contributed by atoms with E-state index in [0.29, 0.717) is 0 Å². The third-order valence-electron chi connectivity index (χ3n) is 18.5. The van der Waals surface area contributed by atoms with E-state index in [2.05, 4.69) is 395 Å². The average molecular weight is 1200 g/mol. The lowest BCUT2D eigenvalue weighted by Crippen LogP contribution is -2.10. The molecule has 0 fully saturated rings. The van der Waals surface area contributed by atoms with Crippen molar-refractivity contribution in [3.05, 3.63) is 376 Å². The van der Waals surface area contributed by atoms with Gasteiger partial charge in [-0.1, -0.05) is 255 Å². The lowest BCUT2D eigenvalue weighted by Gasteiger charge is -2.27. The van der Waals surface area contributed by atoms with Crippen LogP contribution < -0.4 is 9.80 Å². The fourth-order valence-electron chi connectivity index (χ4n) is 13.9. The number of anilines is 6. The minimum Gasteiger partial charge on any atom is -0.310 e. The van der Waals surface area contributed by atoms with Crippen LogP contribution in [0.2, 0.25) is 0 Å². The van der Waals surface area contributed by atoms with Crippen molar-refractivity contribution in [1.29, 1.82) is 0 Å². The highest BCUT2D eigenvalue weighted by Crippen LogP contribution is 2.45. The van der Waals surface area contributed by atoms with E-state index in [4.69, 9.17) is 0 Å². The van der Waals surface area contributed by atoms with Crippen LogP contribution in [0.1, 0.15) is 0 Å². The van der Waals surface area contributed by atoms with Gasteiger partial charge in [0.1, 0.15) is 0 Å². The summed E-state index contributed by atoms with van der Waals surface area (Å²) >= 11 is 0. The molecule has 0 amide bonds. The maximum absolute atomic E-state index is 2.47. The zero-order valence-corrected chi connectivity index (χ0v) is 51.6. The minimum absolute atomic E-state index is 1.06. The van der Waals surface area contributed by atoms with Gasteiger partial charge in [-0.25, -0.2) is 0 Å². The van der Waals surface area contributed by atoms with E-state index in [1.807, 2.05) is 0 Å². The first-order chi connectivity index (χ1) is 46.6. The standard InChI is InChI=1S/C90H62N4/c1-5-21-63(22-6-1)67-41-45-77(46-42-67)91(85-39-19-31-69-29-13-15-37-83(69)85)79-49-53-81(54-50-79)93-87(73-35-17-33-71(57-73)65-25-9-3-10-26-65)59-75-62-90-76(61-89(75)93)60-88(74-36-18-34-72(58-74)66-27-11-4-12-28-66)94(90)82-55-51-80(52-56-82)92(86-40-20-32-70-30-14-16-38-84(70)86)78-47-43-68(44-48-78)64-23-7-2-8-24-64/h1-62H. The molecule has 0 saturated heterocycles. The van der Waals surface area contributed by atoms with Crippen LogP contribution in [0.3, 0.4) is 0 Å². The molecule has 4 nitrogen and oxygen atoms in total. The Hall–Kier alpha value is -12.5. The number of rotatable bonds is 14. The van der Waals surface area contributed by atoms with Crippen molar-refractivity contribution < 1.29 is 0 Å². The van der Waals surface area contributed by atoms with Crippen molar-refractivity contribution in [2.75, 3.05) is 9.80 Å². The predicted octanol–water partition coefficient (Wildman–Crippen LogP) is 24.8. The van der Waals surface area contributed by atoms with Gasteiger partial charge in [0.2, 0.25) is 0 Å². The monoisotopic (exact) mass is 1200 g/mol. The fraction of sp³-hybridized carbons (Fsp3) is 0. The Balaban J connectivity index is 0.838. The van der Waals surface area contributed by atoms with Crippen LogP contribution >= 0.6 is 0 Å². The number of fused-ring (bicyclic) bond motifs is 4. The summed E-state index contributed by atoms with van der Waals surface area (Å²) < 4.78 is 4.94. The molecule has 0 aliphatic rings. The molecule has 0 saturated carbocycles.